The van der Waals surface area contributed by atoms with Crippen molar-refractivity contribution in [2.45, 2.75) is 61.5 Å². The summed E-state index contributed by atoms with van der Waals surface area (Å²) in [5.74, 6) is 0.324. The Morgan fingerprint density at radius 2 is 1.81 bits per heavy atom. The number of carbonyl (C=O) groups excluding carboxylic acids is 1. The molecule has 1 heterocycles. The van der Waals surface area contributed by atoms with Crippen molar-refractivity contribution >= 4 is 33.1 Å². The number of nitrogens with two attached hydrogens (primary N) is 1. The molecule has 2 aliphatic carbocycles. The van der Waals surface area contributed by atoms with Gasteiger partial charge in [-0.1, -0.05) is 6.07 Å². The summed E-state index contributed by atoms with van der Waals surface area (Å²) < 4.78 is 23.8. The van der Waals surface area contributed by atoms with Gasteiger partial charge in [0.2, 0.25) is 0 Å². The summed E-state index contributed by atoms with van der Waals surface area (Å²) in [7, 11) is -3.39. The highest BCUT2D eigenvalue weighted by atomic mass is 32.2. The van der Waals surface area contributed by atoms with E-state index in [2.05, 4.69) is 20.6 Å². The van der Waals surface area contributed by atoms with Crippen molar-refractivity contribution in [1.82, 2.24) is 9.97 Å². The molecule has 0 spiro atoms. The lowest BCUT2D eigenvalue weighted by molar-refractivity contribution is 0.0996. The summed E-state index contributed by atoms with van der Waals surface area (Å²) in [6.07, 6.45) is 5.94. The van der Waals surface area contributed by atoms with E-state index in [0.29, 0.717) is 11.5 Å². The van der Waals surface area contributed by atoms with Crippen molar-refractivity contribution in [3.05, 3.63) is 35.7 Å². The number of nitrogens with zero attached hydrogens (tertiary/aromatic N) is 2. The topological polar surface area (TPSA) is 147 Å². The molecule has 0 aliphatic heterocycles. The van der Waals surface area contributed by atoms with Crippen molar-refractivity contribution in [3.8, 4) is 0 Å². The van der Waals surface area contributed by atoms with Crippen LogP contribution >= 0.6 is 0 Å². The molecule has 0 saturated heterocycles. The zero-order valence-corrected chi connectivity index (χ0v) is 18.2. The lowest BCUT2D eigenvalue weighted by Gasteiger charge is -2.27. The molecular weight excluding hydrogens is 418 g/mol. The van der Waals surface area contributed by atoms with Crippen molar-refractivity contribution in [2.75, 3.05) is 16.9 Å². The van der Waals surface area contributed by atoms with E-state index < -0.39 is 15.7 Å². The molecule has 10 heteroatoms. The quantitative estimate of drug-likeness (QED) is 0.507. The Hall–Kier alpha value is -2.72. The maximum atomic E-state index is 12.1. The van der Waals surface area contributed by atoms with Gasteiger partial charge in [-0.25, -0.2) is 18.4 Å². The molecule has 166 valence electrons. The van der Waals surface area contributed by atoms with Gasteiger partial charge in [0.15, 0.2) is 27.2 Å². The average molecular weight is 446 g/mol. The Labute approximate surface area is 181 Å². The Bertz CT molecular complexity index is 1090. The van der Waals surface area contributed by atoms with Crippen molar-refractivity contribution in [1.29, 1.82) is 0 Å². The minimum absolute atomic E-state index is 0.0243. The molecule has 0 bridgehead atoms. The van der Waals surface area contributed by atoms with Crippen LogP contribution in [0.25, 0.3) is 0 Å². The molecule has 0 radical (unpaired) electrons. The summed E-state index contributed by atoms with van der Waals surface area (Å²) in [4.78, 5) is 21.5. The van der Waals surface area contributed by atoms with E-state index in [1.165, 1.54) is 12.1 Å². The van der Waals surface area contributed by atoms with Crippen molar-refractivity contribution < 1.29 is 18.3 Å². The van der Waals surface area contributed by atoms with E-state index in [1.807, 2.05) is 0 Å². The number of aliphatic hydroxyl groups is 1. The minimum Gasteiger partial charge on any atom is -0.393 e. The number of primary amides is 1. The molecule has 0 atom stereocenters. The molecule has 1 aromatic carbocycles. The van der Waals surface area contributed by atoms with Gasteiger partial charge in [-0.05, 0) is 56.7 Å². The first-order valence-corrected chi connectivity index (χ1v) is 12.3. The van der Waals surface area contributed by atoms with Gasteiger partial charge < -0.3 is 21.5 Å². The molecule has 2 saturated carbocycles. The Morgan fingerprint density at radius 1 is 1.10 bits per heavy atom. The summed E-state index contributed by atoms with van der Waals surface area (Å²) in [6.45, 7) is 0. The second kappa shape index (κ2) is 8.43. The molecule has 4 rings (SSSR count). The number of benzene rings is 1. The zero-order valence-electron chi connectivity index (χ0n) is 17.3. The van der Waals surface area contributed by atoms with Crippen LogP contribution in [0.2, 0.25) is 0 Å². The predicted octanol–water partition coefficient (Wildman–Crippen LogP) is 2.32. The van der Waals surface area contributed by atoms with Crippen LogP contribution in [0.4, 0.5) is 17.3 Å². The smallest absolute Gasteiger partial charge is 0.271 e. The molecular formula is C21H27N5O4S. The van der Waals surface area contributed by atoms with E-state index in [-0.39, 0.29) is 34.5 Å². The van der Waals surface area contributed by atoms with Gasteiger partial charge in [-0.3, -0.25) is 4.79 Å². The first-order chi connectivity index (χ1) is 14.7. The number of hydrogen-bond donors (Lipinski definition) is 4. The van der Waals surface area contributed by atoms with E-state index in [4.69, 9.17) is 5.73 Å². The molecule has 5 N–H and O–H groups in total. The van der Waals surface area contributed by atoms with Crippen LogP contribution in [0.1, 0.15) is 60.6 Å². The van der Waals surface area contributed by atoms with Gasteiger partial charge in [0, 0.05) is 23.9 Å². The molecule has 1 amide bonds. The highest BCUT2D eigenvalue weighted by Crippen LogP contribution is 2.43. The number of nitrogens with one attached hydrogen (secondary N) is 2. The fourth-order valence-corrected chi connectivity index (χ4v) is 4.48. The monoisotopic (exact) mass is 445 g/mol. The molecule has 9 nitrogen and oxygen atoms in total. The van der Waals surface area contributed by atoms with Gasteiger partial charge in [0.1, 0.15) is 0 Å². The third kappa shape index (κ3) is 5.13. The van der Waals surface area contributed by atoms with Gasteiger partial charge >= 0.3 is 0 Å². The van der Waals surface area contributed by atoms with Crippen LogP contribution in [-0.4, -0.2) is 47.8 Å². The first-order valence-electron chi connectivity index (χ1n) is 10.4. The second-order valence-corrected chi connectivity index (χ2v) is 10.4. The van der Waals surface area contributed by atoms with E-state index in [0.717, 1.165) is 50.5 Å². The average Bonchev–Trinajstić information content (AvgIpc) is 3.54. The fourth-order valence-electron chi connectivity index (χ4n) is 3.81. The summed E-state index contributed by atoms with van der Waals surface area (Å²) in [5.41, 5.74) is 6.80. The SMILES string of the molecule is CS(=O)(=O)c1cccc(Nc2nc(NC3CCC(O)CC3)c(C3CC3)nc2C(N)=O)c1. The van der Waals surface area contributed by atoms with Gasteiger partial charge in [0.05, 0.1) is 16.7 Å². The van der Waals surface area contributed by atoms with Crippen LogP contribution < -0.4 is 16.4 Å². The lowest BCUT2D eigenvalue weighted by atomic mass is 9.93. The number of rotatable bonds is 7. The number of sulfone groups is 1. The summed E-state index contributed by atoms with van der Waals surface area (Å²) in [5, 5.41) is 16.2. The molecule has 0 unspecified atom stereocenters. The summed E-state index contributed by atoms with van der Waals surface area (Å²) in [6, 6.07) is 6.44. The van der Waals surface area contributed by atoms with Crippen LogP contribution in [0.3, 0.4) is 0 Å². The number of aromatic nitrogens is 2. The van der Waals surface area contributed by atoms with Gasteiger partial charge in [0.25, 0.3) is 5.91 Å². The summed E-state index contributed by atoms with van der Waals surface area (Å²) >= 11 is 0. The van der Waals surface area contributed by atoms with E-state index in [9.17, 15) is 18.3 Å². The first kappa shape index (κ1) is 21.5. The van der Waals surface area contributed by atoms with Crippen LogP contribution in [-0.2, 0) is 9.84 Å². The lowest BCUT2D eigenvalue weighted by Crippen LogP contribution is -2.29. The van der Waals surface area contributed by atoms with Gasteiger partial charge in [-0.2, -0.15) is 0 Å². The number of aliphatic hydroxyl groups excluding tert-OH is 1. The second-order valence-electron chi connectivity index (χ2n) is 8.37. The minimum atomic E-state index is -3.39. The number of anilines is 3. The fraction of sp³-hybridized carbons (Fsp3) is 0.476. The molecule has 2 aromatic rings. The predicted molar refractivity (Wildman–Crippen MR) is 117 cm³/mol. The van der Waals surface area contributed by atoms with E-state index >= 15 is 0 Å². The van der Waals surface area contributed by atoms with Crippen molar-refractivity contribution in [2.24, 2.45) is 5.73 Å². The third-order valence-corrected chi connectivity index (χ3v) is 6.79. The van der Waals surface area contributed by atoms with Gasteiger partial charge in [-0.15, -0.1) is 0 Å². The Kier molecular flexibility index (Phi) is 5.85. The number of carbonyl (C=O) groups is 1. The molecule has 1 aromatic heterocycles. The Morgan fingerprint density at radius 3 is 2.42 bits per heavy atom. The molecule has 31 heavy (non-hydrogen) atoms. The zero-order chi connectivity index (χ0) is 22.2. The molecule has 2 fully saturated rings. The van der Waals surface area contributed by atoms with Crippen LogP contribution in [0.5, 0.6) is 0 Å². The highest BCUT2D eigenvalue weighted by Gasteiger charge is 2.32. The highest BCUT2D eigenvalue weighted by molar-refractivity contribution is 7.90. The largest absolute Gasteiger partial charge is 0.393 e. The molecule has 2 aliphatic rings. The normalized spacial score (nSPS) is 21.5. The maximum Gasteiger partial charge on any atom is 0.271 e. The number of hydrogen-bond acceptors (Lipinski definition) is 8. The third-order valence-electron chi connectivity index (χ3n) is 5.68. The maximum absolute atomic E-state index is 12.1. The van der Waals surface area contributed by atoms with Crippen molar-refractivity contribution in [3.63, 3.8) is 0 Å². The van der Waals surface area contributed by atoms with E-state index in [1.54, 1.807) is 12.1 Å². The van der Waals surface area contributed by atoms with Crippen LogP contribution in [0.15, 0.2) is 29.2 Å². The van der Waals surface area contributed by atoms with Crippen LogP contribution in [0, 0.1) is 0 Å². The number of amides is 1. The Balaban J connectivity index is 1.68. The standard InChI is InChI=1S/C21H27N5O4S/c1-31(29,30)16-4-2-3-14(11-16)24-21-18(19(22)28)25-17(12-5-6-12)20(26-21)23-13-7-9-15(27)10-8-13/h2-4,11-13,15,27H,5-10H2,1H3,(H2,22,28)(H2,23,24,26).